The van der Waals surface area contributed by atoms with Crippen LogP contribution in [0.4, 0.5) is 0 Å². The van der Waals surface area contributed by atoms with Gasteiger partial charge in [0, 0.05) is 13.1 Å². The highest BCUT2D eigenvalue weighted by Crippen LogP contribution is 2.19. The van der Waals surface area contributed by atoms with E-state index in [1.165, 1.54) is 16.3 Å². The Bertz CT molecular complexity index is 484. The fourth-order valence-electron chi connectivity index (χ4n) is 2.40. The Morgan fingerprint density at radius 2 is 1.78 bits per heavy atom. The van der Waals surface area contributed by atoms with Crippen molar-refractivity contribution in [2.75, 3.05) is 19.7 Å². The molecule has 0 saturated carbocycles. The van der Waals surface area contributed by atoms with Crippen molar-refractivity contribution in [1.29, 1.82) is 0 Å². The molecule has 0 spiro atoms. The number of nitrogens with zero attached hydrogens (tertiary/aromatic N) is 1. The molecule has 1 N–H and O–H groups in total. The molecule has 0 unspecified atom stereocenters. The molecule has 0 bridgehead atoms. The second-order valence-corrected chi connectivity index (χ2v) is 4.64. The summed E-state index contributed by atoms with van der Waals surface area (Å²) in [7, 11) is 0. The van der Waals surface area contributed by atoms with E-state index in [9.17, 15) is 0 Å². The SMILES string of the molecule is CCCN(CCO)Cc1cccc2ccccc12. The van der Waals surface area contributed by atoms with Gasteiger partial charge in [0.2, 0.25) is 0 Å². The van der Waals surface area contributed by atoms with Crippen molar-refractivity contribution in [3.63, 3.8) is 0 Å². The average molecular weight is 243 g/mol. The van der Waals surface area contributed by atoms with Crippen LogP contribution in [0.3, 0.4) is 0 Å². The van der Waals surface area contributed by atoms with Crippen molar-refractivity contribution < 1.29 is 5.11 Å². The van der Waals surface area contributed by atoms with Gasteiger partial charge >= 0.3 is 0 Å². The van der Waals surface area contributed by atoms with E-state index >= 15 is 0 Å². The van der Waals surface area contributed by atoms with Crippen LogP contribution in [0.5, 0.6) is 0 Å². The van der Waals surface area contributed by atoms with E-state index in [1.807, 2.05) is 0 Å². The number of benzene rings is 2. The highest BCUT2D eigenvalue weighted by molar-refractivity contribution is 5.85. The molecule has 0 aliphatic carbocycles. The summed E-state index contributed by atoms with van der Waals surface area (Å²) < 4.78 is 0. The van der Waals surface area contributed by atoms with Crippen molar-refractivity contribution in [2.45, 2.75) is 19.9 Å². The highest BCUT2D eigenvalue weighted by Gasteiger charge is 2.06. The molecule has 0 atom stereocenters. The van der Waals surface area contributed by atoms with Crippen LogP contribution in [-0.2, 0) is 6.54 Å². The summed E-state index contributed by atoms with van der Waals surface area (Å²) in [4.78, 5) is 2.31. The monoisotopic (exact) mass is 243 g/mol. The van der Waals surface area contributed by atoms with Crippen LogP contribution in [-0.4, -0.2) is 29.7 Å². The normalized spacial score (nSPS) is 11.3. The van der Waals surface area contributed by atoms with E-state index in [0.717, 1.165) is 26.1 Å². The van der Waals surface area contributed by atoms with Gasteiger partial charge in [-0.3, -0.25) is 4.90 Å². The molecule has 2 heteroatoms. The van der Waals surface area contributed by atoms with Crippen LogP contribution >= 0.6 is 0 Å². The first-order valence-corrected chi connectivity index (χ1v) is 6.65. The Kier molecular flexibility index (Phi) is 4.73. The molecule has 0 radical (unpaired) electrons. The Hall–Kier alpha value is -1.38. The highest BCUT2D eigenvalue weighted by atomic mass is 16.3. The number of hydrogen-bond acceptors (Lipinski definition) is 2. The average Bonchev–Trinajstić information content (AvgIpc) is 2.40. The molecule has 2 nitrogen and oxygen atoms in total. The molecule has 0 heterocycles. The predicted octanol–water partition coefficient (Wildman–Crippen LogP) is 3.04. The zero-order valence-corrected chi connectivity index (χ0v) is 11.0. The van der Waals surface area contributed by atoms with E-state index < -0.39 is 0 Å². The minimum atomic E-state index is 0.227. The standard InChI is InChI=1S/C16H21NO/c1-2-10-17(11-12-18)13-15-8-5-7-14-6-3-4-9-16(14)15/h3-9,18H,2,10-13H2,1H3. The fourth-order valence-corrected chi connectivity index (χ4v) is 2.40. The zero-order chi connectivity index (χ0) is 12.8. The van der Waals surface area contributed by atoms with E-state index in [2.05, 4.69) is 54.3 Å². The number of fused-ring (bicyclic) bond motifs is 1. The first kappa shape index (κ1) is 13.1. The number of hydrogen-bond donors (Lipinski definition) is 1. The molecule has 2 aromatic carbocycles. The van der Waals surface area contributed by atoms with Gasteiger partial charge in [-0.1, -0.05) is 49.4 Å². The molecule has 0 aliphatic rings. The lowest BCUT2D eigenvalue weighted by Gasteiger charge is -2.21. The largest absolute Gasteiger partial charge is 0.395 e. The minimum absolute atomic E-state index is 0.227. The number of rotatable bonds is 6. The maximum absolute atomic E-state index is 9.11. The van der Waals surface area contributed by atoms with Crippen LogP contribution in [0.2, 0.25) is 0 Å². The molecule has 18 heavy (non-hydrogen) atoms. The number of aliphatic hydroxyl groups excluding tert-OH is 1. The van der Waals surface area contributed by atoms with Gasteiger partial charge in [-0.05, 0) is 29.3 Å². The van der Waals surface area contributed by atoms with Crippen molar-refractivity contribution in [1.82, 2.24) is 4.90 Å². The lowest BCUT2D eigenvalue weighted by molar-refractivity contribution is 0.191. The molecular formula is C16H21NO. The first-order valence-electron chi connectivity index (χ1n) is 6.65. The van der Waals surface area contributed by atoms with Gasteiger partial charge < -0.3 is 5.11 Å². The van der Waals surface area contributed by atoms with Gasteiger partial charge in [0.05, 0.1) is 6.61 Å². The van der Waals surface area contributed by atoms with E-state index in [1.54, 1.807) is 0 Å². The minimum Gasteiger partial charge on any atom is -0.395 e. The van der Waals surface area contributed by atoms with Crippen molar-refractivity contribution in [3.05, 3.63) is 48.0 Å². The lowest BCUT2D eigenvalue weighted by Crippen LogP contribution is -2.27. The molecule has 0 aliphatic heterocycles. The smallest absolute Gasteiger partial charge is 0.0558 e. The first-order chi connectivity index (χ1) is 8.85. The summed E-state index contributed by atoms with van der Waals surface area (Å²) in [6, 6.07) is 14.9. The molecule has 2 rings (SSSR count). The molecule has 0 fully saturated rings. The molecule has 0 aromatic heterocycles. The summed E-state index contributed by atoms with van der Waals surface area (Å²) in [5.74, 6) is 0. The maximum atomic E-state index is 9.11. The molecule has 0 saturated heterocycles. The van der Waals surface area contributed by atoms with E-state index in [-0.39, 0.29) is 6.61 Å². The van der Waals surface area contributed by atoms with Gasteiger partial charge in [0.1, 0.15) is 0 Å². The maximum Gasteiger partial charge on any atom is 0.0558 e. The van der Waals surface area contributed by atoms with Crippen LogP contribution < -0.4 is 0 Å². The van der Waals surface area contributed by atoms with Crippen molar-refractivity contribution >= 4 is 10.8 Å². The van der Waals surface area contributed by atoms with Crippen LogP contribution in [0, 0.1) is 0 Å². The second-order valence-electron chi connectivity index (χ2n) is 4.64. The van der Waals surface area contributed by atoms with Gasteiger partial charge in [-0.15, -0.1) is 0 Å². The zero-order valence-electron chi connectivity index (χ0n) is 11.0. The Balaban J connectivity index is 2.24. The molecule has 0 amide bonds. The molecule has 2 aromatic rings. The van der Waals surface area contributed by atoms with E-state index in [4.69, 9.17) is 5.11 Å². The van der Waals surface area contributed by atoms with Crippen molar-refractivity contribution in [3.8, 4) is 0 Å². The Morgan fingerprint density at radius 1 is 1.00 bits per heavy atom. The fraction of sp³-hybridized carbons (Fsp3) is 0.375. The molecule has 96 valence electrons. The quantitative estimate of drug-likeness (QED) is 0.843. The van der Waals surface area contributed by atoms with Crippen LogP contribution in [0.1, 0.15) is 18.9 Å². The number of aliphatic hydroxyl groups is 1. The topological polar surface area (TPSA) is 23.5 Å². The van der Waals surface area contributed by atoms with Gasteiger partial charge in [0.15, 0.2) is 0 Å². The van der Waals surface area contributed by atoms with Gasteiger partial charge in [-0.2, -0.15) is 0 Å². The van der Waals surface area contributed by atoms with Crippen molar-refractivity contribution in [2.24, 2.45) is 0 Å². The summed E-state index contributed by atoms with van der Waals surface area (Å²) in [5.41, 5.74) is 1.34. The summed E-state index contributed by atoms with van der Waals surface area (Å²) in [6.07, 6.45) is 1.12. The third-order valence-electron chi connectivity index (χ3n) is 3.23. The lowest BCUT2D eigenvalue weighted by atomic mass is 10.0. The van der Waals surface area contributed by atoms with Crippen LogP contribution in [0.25, 0.3) is 10.8 Å². The third kappa shape index (κ3) is 3.09. The molecular weight excluding hydrogens is 222 g/mol. The predicted molar refractivity (Wildman–Crippen MR) is 76.6 cm³/mol. The van der Waals surface area contributed by atoms with Gasteiger partial charge in [0.25, 0.3) is 0 Å². The van der Waals surface area contributed by atoms with E-state index in [0.29, 0.717) is 0 Å². The second kappa shape index (κ2) is 6.53. The summed E-state index contributed by atoms with van der Waals surface area (Å²) in [5, 5.41) is 11.7. The summed E-state index contributed by atoms with van der Waals surface area (Å²) >= 11 is 0. The Morgan fingerprint density at radius 3 is 2.56 bits per heavy atom. The summed E-state index contributed by atoms with van der Waals surface area (Å²) in [6.45, 7) is 5.09. The Labute approximate surface area is 109 Å². The van der Waals surface area contributed by atoms with Crippen LogP contribution in [0.15, 0.2) is 42.5 Å². The van der Waals surface area contributed by atoms with Gasteiger partial charge in [-0.25, -0.2) is 0 Å². The third-order valence-corrected chi connectivity index (χ3v) is 3.23.